The van der Waals surface area contributed by atoms with Crippen LogP contribution in [0.3, 0.4) is 0 Å². The average Bonchev–Trinajstić information content (AvgIpc) is 2.41. The standard InChI is InChI=1S/C10H16Br2N2O2/c1-2-16-10(15)14-13-8-6-4-3-5-7(11)9(8)12/h7,9H,2-6H2,1H3,(H,14,15)/b13-8+. The topological polar surface area (TPSA) is 50.7 Å². The summed E-state index contributed by atoms with van der Waals surface area (Å²) >= 11 is 7.20. The van der Waals surface area contributed by atoms with Gasteiger partial charge < -0.3 is 4.74 Å². The zero-order valence-electron chi connectivity index (χ0n) is 9.21. The fourth-order valence-corrected chi connectivity index (χ4v) is 2.76. The summed E-state index contributed by atoms with van der Waals surface area (Å²) in [5.74, 6) is 0. The van der Waals surface area contributed by atoms with Crippen LogP contribution in [0.15, 0.2) is 5.10 Å². The third kappa shape index (κ3) is 4.41. The van der Waals surface area contributed by atoms with Crippen molar-refractivity contribution in [3.8, 4) is 0 Å². The molecule has 0 spiro atoms. The van der Waals surface area contributed by atoms with E-state index in [0.717, 1.165) is 25.0 Å². The number of rotatable bonds is 2. The van der Waals surface area contributed by atoms with Gasteiger partial charge in [0, 0.05) is 4.83 Å². The highest BCUT2D eigenvalue weighted by molar-refractivity contribution is 9.12. The molecule has 0 aliphatic heterocycles. The van der Waals surface area contributed by atoms with Crippen molar-refractivity contribution < 1.29 is 9.53 Å². The van der Waals surface area contributed by atoms with Crippen molar-refractivity contribution in [1.29, 1.82) is 0 Å². The Bertz CT molecular complexity index is 272. The molecule has 0 aromatic rings. The highest BCUT2D eigenvalue weighted by Gasteiger charge is 2.24. The van der Waals surface area contributed by atoms with E-state index in [1.165, 1.54) is 6.42 Å². The maximum atomic E-state index is 11.1. The smallest absolute Gasteiger partial charge is 0.427 e. The van der Waals surface area contributed by atoms with Gasteiger partial charge in [-0.1, -0.05) is 38.3 Å². The van der Waals surface area contributed by atoms with Gasteiger partial charge in [0.05, 0.1) is 17.1 Å². The zero-order chi connectivity index (χ0) is 12.0. The van der Waals surface area contributed by atoms with Crippen LogP contribution >= 0.6 is 31.9 Å². The summed E-state index contributed by atoms with van der Waals surface area (Å²) in [6, 6.07) is 0. The van der Waals surface area contributed by atoms with Gasteiger partial charge in [0.2, 0.25) is 0 Å². The predicted molar refractivity (Wildman–Crippen MR) is 71.5 cm³/mol. The molecule has 2 atom stereocenters. The summed E-state index contributed by atoms with van der Waals surface area (Å²) in [6.07, 6.45) is 3.81. The van der Waals surface area contributed by atoms with Crippen molar-refractivity contribution in [1.82, 2.24) is 5.43 Å². The van der Waals surface area contributed by atoms with Gasteiger partial charge in [0.1, 0.15) is 0 Å². The molecule has 0 aromatic heterocycles. The number of halogens is 2. The minimum Gasteiger partial charge on any atom is -0.449 e. The molecule has 1 amide bonds. The van der Waals surface area contributed by atoms with E-state index in [1.54, 1.807) is 6.92 Å². The Labute approximate surface area is 112 Å². The Morgan fingerprint density at radius 2 is 2.31 bits per heavy atom. The number of hydrogen-bond donors (Lipinski definition) is 1. The SMILES string of the molecule is CCOC(=O)N/N=C1\CCCCC(Br)C1Br. The summed E-state index contributed by atoms with van der Waals surface area (Å²) in [5, 5.41) is 4.11. The van der Waals surface area contributed by atoms with Crippen molar-refractivity contribution in [2.24, 2.45) is 5.10 Å². The lowest BCUT2D eigenvalue weighted by Crippen LogP contribution is -2.27. The number of amides is 1. The van der Waals surface area contributed by atoms with E-state index >= 15 is 0 Å². The minimum absolute atomic E-state index is 0.178. The number of carbonyl (C=O) groups excluding carboxylic acids is 1. The third-order valence-electron chi connectivity index (χ3n) is 2.36. The maximum absolute atomic E-state index is 11.1. The molecule has 1 rings (SSSR count). The average molecular weight is 356 g/mol. The number of nitrogens with zero attached hydrogens (tertiary/aromatic N) is 1. The van der Waals surface area contributed by atoms with Crippen LogP contribution in [0.25, 0.3) is 0 Å². The monoisotopic (exact) mass is 354 g/mol. The number of nitrogens with one attached hydrogen (secondary N) is 1. The van der Waals surface area contributed by atoms with Gasteiger partial charge in [-0.15, -0.1) is 0 Å². The molecule has 0 aromatic carbocycles. The van der Waals surface area contributed by atoms with E-state index < -0.39 is 6.09 Å². The van der Waals surface area contributed by atoms with Crippen LogP contribution in [0.4, 0.5) is 4.79 Å². The molecule has 0 radical (unpaired) electrons. The second-order valence-electron chi connectivity index (χ2n) is 3.60. The first-order valence-electron chi connectivity index (χ1n) is 5.42. The molecule has 0 bridgehead atoms. The van der Waals surface area contributed by atoms with Crippen molar-refractivity contribution in [2.75, 3.05) is 6.61 Å². The third-order valence-corrected chi connectivity index (χ3v) is 5.23. The fourth-order valence-electron chi connectivity index (χ4n) is 1.54. The largest absolute Gasteiger partial charge is 0.449 e. The first kappa shape index (κ1) is 14.0. The van der Waals surface area contributed by atoms with E-state index in [2.05, 4.69) is 42.4 Å². The number of ether oxygens (including phenoxy) is 1. The lowest BCUT2D eigenvalue weighted by atomic mass is 10.2. The van der Waals surface area contributed by atoms with E-state index in [-0.39, 0.29) is 4.83 Å². The molecular weight excluding hydrogens is 340 g/mol. The number of alkyl halides is 2. The van der Waals surface area contributed by atoms with Gasteiger partial charge in [-0.2, -0.15) is 5.10 Å². The molecule has 2 unspecified atom stereocenters. The summed E-state index contributed by atoms with van der Waals surface area (Å²) < 4.78 is 4.74. The van der Waals surface area contributed by atoms with Gasteiger partial charge in [0.25, 0.3) is 0 Å². The second kappa shape index (κ2) is 7.27. The first-order valence-corrected chi connectivity index (χ1v) is 7.25. The number of hydrazone groups is 1. The molecule has 4 nitrogen and oxygen atoms in total. The molecule has 1 N–H and O–H groups in total. The summed E-state index contributed by atoms with van der Waals surface area (Å²) in [4.78, 5) is 11.6. The Balaban J connectivity index is 2.54. The molecule has 1 fully saturated rings. The van der Waals surface area contributed by atoms with Crippen molar-refractivity contribution in [2.45, 2.75) is 42.3 Å². The van der Waals surface area contributed by atoms with E-state index in [0.29, 0.717) is 11.4 Å². The lowest BCUT2D eigenvalue weighted by Gasteiger charge is -2.14. The number of hydrogen-bond acceptors (Lipinski definition) is 3. The summed E-state index contributed by atoms with van der Waals surface area (Å²) in [5.41, 5.74) is 3.37. The number of carbonyl (C=O) groups is 1. The zero-order valence-corrected chi connectivity index (χ0v) is 12.4. The van der Waals surface area contributed by atoms with Crippen molar-refractivity contribution in [3.05, 3.63) is 0 Å². The molecule has 1 aliphatic rings. The normalized spacial score (nSPS) is 28.6. The predicted octanol–water partition coefficient (Wildman–Crippen LogP) is 3.19. The molecular formula is C10H16Br2N2O2. The van der Waals surface area contributed by atoms with Gasteiger partial charge in [-0.25, -0.2) is 10.2 Å². The van der Waals surface area contributed by atoms with Crippen LogP contribution in [0.5, 0.6) is 0 Å². The molecule has 0 saturated heterocycles. The Morgan fingerprint density at radius 1 is 1.56 bits per heavy atom. The Morgan fingerprint density at radius 3 is 3.00 bits per heavy atom. The van der Waals surface area contributed by atoms with Crippen molar-refractivity contribution >= 4 is 43.7 Å². The quantitative estimate of drug-likeness (QED) is 0.469. The second-order valence-corrected chi connectivity index (χ2v) is 5.76. The Hall–Kier alpha value is -0.100. The van der Waals surface area contributed by atoms with Gasteiger partial charge >= 0.3 is 6.09 Å². The minimum atomic E-state index is -0.495. The fraction of sp³-hybridized carbons (Fsp3) is 0.800. The molecule has 1 saturated carbocycles. The van der Waals surface area contributed by atoms with Gasteiger partial charge in [0.15, 0.2) is 0 Å². The van der Waals surface area contributed by atoms with Crippen LogP contribution < -0.4 is 5.43 Å². The van der Waals surface area contributed by atoms with E-state index in [9.17, 15) is 4.79 Å². The van der Waals surface area contributed by atoms with E-state index in [4.69, 9.17) is 4.74 Å². The molecule has 16 heavy (non-hydrogen) atoms. The molecule has 1 aliphatic carbocycles. The van der Waals surface area contributed by atoms with Crippen LogP contribution in [-0.4, -0.2) is 28.1 Å². The van der Waals surface area contributed by atoms with Crippen LogP contribution in [0.2, 0.25) is 0 Å². The molecule has 0 heterocycles. The van der Waals surface area contributed by atoms with Gasteiger partial charge in [-0.05, 0) is 26.2 Å². The maximum Gasteiger partial charge on any atom is 0.427 e. The first-order chi connectivity index (χ1) is 7.65. The van der Waals surface area contributed by atoms with Crippen molar-refractivity contribution in [3.63, 3.8) is 0 Å². The van der Waals surface area contributed by atoms with Crippen LogP contribution in [-0.2, 0) is 4.74 Å². The molecule has 6 heteroatoms. The summed E-state index contributed by atoms with van der Waals surface area (Å²) in [6.45, 7) is 2.12. The van der Waals surface area contributed by atoms with Gasteiger partial charge in [-0.3, -0.25) is 0 Å². The lowest BCUT2D eigenvalue weighted by molar-refractivity contribution is 0.152. The highest BCUT2D eigenvalue weighted by Crippen LogP contribution is 2.27. The van der Waals surface area contributed by atoms with Crippen LogP contribution in [0, 0.1) is 0 Å². The van der Waals surface area contributed by atoms with Crippen LogP contribution in [0.1, 0.15) is 32.6 Å². The Kier molecular flexibility index (Phi) is 6.34. The highest BCUT2D eigenvalue weighted by atomic mass is 79.9. The summed E-state index contributed by atoms with van der Waals surface area (Å²) in [7, 11) is 0. The molecule has 92 valence electrons. The van der Waals surface area contributed by atoms with E-state index in [1.807, 2.05) is 0 Å².